The molecule has 0 radical (unpaired) electrons. The minimum atomic E-state index is -0.302. The molecule has 1 aromatic heterocycles. The van der Waals surface area contributed by atoms with Crippen molar-refractivity contribution in [3.05, 3.63) is 71.8 Å². The number of anilines is 1. The first-order chi connectivity index (χ1) is 14.1. The van der Waals surface area contributed by atoms with Gasteiger partial charge in [-0.05, 0) is 36.2 Å². The summed E-state index contributed by atoms with van der Waals surface area (Å²) in [5, 5.41) is 6.59. The summed E-state index contributed by atoms with van der Waals surface area (Å²) in [7, 11) is 2.01. The Kier molecular flexibility index (Phi) is 7.16. The molecule has 1 amide bonds. The third-order valence-electron chi connectivity index (χ3n) is 4.24. The predicted molar refractivity (Wildman–Crippen MR) is 106 cm³/mol. The maximum absolute atomic E-state index is 12.9. The molecule has 3 rings (SSSR count). The zero-order valence-corrected chi connectivity index (χ0v) is 16.2. The molecule has 152 valence electrons. The van der Waals surface area contributed by atoms with Crippen molar-refractivity contribution < 1.29 is 18.4 Å². The number of benzene rings is 2. The zero-order valence-electron chi connectivity index (χ0n) is 16.2. The van der Waals surface area contributed by atoms with Crippen LogP contribution < -0.4 is 15.0 Å². The molecular weight excluding hydrogens is 375 g/mol. The molecule has 0 unspecified atom stereocenters. The third kappa shape index (κ3) is 6.60. The molecule has 3 aromatic rings. The molecule has 1 N–H and O–H groups in total. The second-order valence-electron chi connectivity index (χ2n) is 6.53. The van der Waals surface area contributed by atoms with Gasteiger partial charge in [-0.2, -0.15) is 4.98 Å². The van der Waals surface area contributed by atoms with E-state index in [9.17, 15) is 9.18 Å². The first-order valence-electron chi connectivity index (χ1n) is 9.33. The maximum atomic E-state index is 12.9. The first kappa shape index (κ1) is 20.3. The summed E-state index contributed by atoms with van der Waals surface area (Å²) in [5.74, 6) is -0.162. The molecule has 0 aliphatic heterocycles. The van der Waals surface area contributed by atoms with Crippen molar-refractivity contribution in [2.75, 3.05) is 31.6 Å². The van der Waals surface area contributed by atoms with Crippen LogP contribution in [-0.4, -0.2) is 42.8 Å². The van der Waals surface area contributed by atoms with Gasteiger partial charge in [0.05, 0.1) is 0 Å². The number of para-hydroxylation sites is 1. The van der Waals surface area contributed by atoms with E-state index >= 15 is 0 Å². The van der Waals surface area contributed by atoms with E-state index in [1.807, 2.05) is 37.4 Å². The highest BCUT2D eigenvalue weighted by atomic mass is 19.1. The average Bonchev–Trinajstić information content (AvgIpc) is 3.19. The number of halogens is 1. The van der Waals surface area contributed by atoms with Gasteiger partial charge in [0.25, 0.3) is 5.91 Å². The fourth-order valence-electron chi connectivity index (χ4n) is 2.69. The quantitative estimate of drug-likeness (QED) is 0.529. The fourth-order valence-corrected chi connectivity index (χ4v) is 2.69. The van der Waals surface area contributed by atoms with Crippen molar-refractivity contribution in [2.24, 2.45) is 0 Å². The Morgan fingerprint density at radius 1 is 1.17 bits per heavy atom. The van der Waals surface area contributed by atoms with Crippen LogP contribution in [0.2, 0.25) is 0 Å². The highest BCUT2D eigenvalue weighted by Crippen LogP contribution is 2.12. The molecule has 0 aliphatic rings. The lowest BCUT2D eigenvalue weighted by molar-refractivity contribution is -0.123. The Bertz CT molecular complexity index is 900. The molecule has 8 heteroatoms. The fraction of sp³-hybridized carbons (Fsp3) is 0.286. The van der Waals surface area contributed by atoms with Gasteiger partial charge in [0, 0.05) is 32.2 Å². The summed E-state index contributed by atoms with van der Waals surface area (Å²) in [4.78, 5) is 18.1. The number of aromatic nitrogens is 2. The second-order valence-corrected chi connectivity index (χ2v) is 6.53. The van der Waals surface area contributed by atoms with Crippen LogP contribution in [0.25, 0.3) is 0 Å². The molecule has 0 atom stereocenters. The van der Waals surface area contributed by atoms with E-state index in [0.717, 1.165) is 24.2 Å². The Balaban J connectivity index is 1.33. The smallest absolute Gasteiger partial charge is 0.417 e. The SMILES string of the molecule is CN(CCCNC(=O)COc1nc(Cc2ccc(F)cc2)no1)c1ccccc1. The summed E-state index contributed by atoms with van der Waals surface area (Å²) >= 11 is 0. The van der Waals surface area contributed by atoms with Crippen molar-refractivity contribution in [1.29, 1.82) is 0 Å². The van der Waals surface area contributed by atoms with E-state index in [-0.39, 0.29) is 24.4 Å². The van der Waals surface area contributed by atoms with Crippen molar-refractivity contribution in [2.45, 2.75) is 12.8 Å². The van der Waals surface area contributed by atoms with Crippen LogP contribution in [-0.2, 0) is 11.2 Å². The number of nitrogens with zero attached hydrogens (tertiary/aromatic N) is 3. The third-order valence-corrected chi connectivity index (χ3v) is 4.24. The Labute approximate surface area is 168 Å². The molecule has 0 saturated carbocycles. The molecule has 0 bridgehead atoms. The number of nitrogens with one attached hydrogen (secondary N) is 1. The van der Waals surface area contributed by atoms with E-state index < -0.39 is 0 Å². The summed E-state index contributed by atoms with van der Waals surface area (Å²) in [6.07, 6.45) is 1.12. The van der Waals surface area contributed by atoms with Crippen LogP contribution in [0, 0.1) is 5.82 Å². The van der Waals surface area contributed by atoms with Crippen LogP contribution in [0.5, 0.6) is 6.08 Å². The van der Waals surface area contributed by atoms with Gasteiger partial charge < -0.3 is 15.0 Å². The van der Waals surface area contributed by atoms with Crippen molar-refractivity contribution in [3.8, 4) is 6.08 Å². The van der Waals surface area contributed by atoms with Crippen LogP contribution in [0.15, 0.2) is 59.1 Å². The monoisotopic (exact) mass is 398 g/mol. The van der Waals surface area contributed by atoms with Crippen LogP contribution >= 0.6 is 0 Å². The molecule has 1 heterocycles. The van der Waals surface area contributed by atoms with Gasteiger partial charge in [-0.1, -0.05) is 35.5 Å². The highest BCUT2D eigenvalue weighted by molar-refractivity contribution is 5.77. The maximum Gasteiger partial charge on any atom is 0.417 e. The van der Waals surface area contributed by atoms with Crippen molar-refractivity contribution in [1.82, 2.24) is 15.5 Å². The molecule has 7 nitrogen and oxygen atoms in total. The van der Waals surface area contributed by atoms with Gasteiger partial charge in [-0.15, -0.1) is 0 Å². The van der Waals surface area contributed by atoms with Crippen LogP contribution in [0.4, 0.5) is 10.1 Å². The summed E-state index contributed by atoms with van der Waals surface area (Å²) in [6, 6.07) is 16.1. The van der Waals surface area contributed by atoms with Crippen LogP contribution in [0.1, 0.15) is 17.8 Å². The molecule has 0 spiro atoms. The zero-order chi connectivity index (χ0) is 20.5. The van der Waals surface area contributed by atoms with E-state index in [1.165, 1.54) is 12.1 Å². The van der Waals surface area contributed by atoms with Gasteiger partial charge in [-0.3, -0.25) is 9.32 Å². The number of rotatable bonds is 10. The van der Waals surface area contributed by atoms with Gasteiger partial charge >= 0.3 is 6.08 Å². The normalized spacial score (nSPS) is 10.6. The number of carbonyl (C=O) groups is 1. The molecule has 29 heavy (non-hydrogen) atoms. The second kappa shape index (κ2) is 10.2. The van der Waals surface area contributed by atoms with Crippen molar-refractivity contribution in [3.63, 3.8) is 0 Å². The van der Waals surface area contributed by atoms with Crippen LogP contribution in [0.3, 0.4) is 0 Å². The summed E-state index contributed by atoms with van der Waals surface area (Å²) in [5.41, 5.74) is 1.98. The summed E-state index contributed by atoms with van der Waals surface area (Å²) < 4.78 is 23.1. The van der Waals surface area contributed by atoms with E-state index in [1.54, 1.807) is 12.1 Å². The van der Waals surface area contributed by atoms with E-state index in [2.05, 4.69) is 20.4 Å². The lowest BCUT2D eigenvalue weighted by Gasteiger charge is -2.19. The molecule has 0 saturated heterocycles. The number of amides is 1. The largest absolute Gasteiger partial charge is 0.439 e. The Hall–Kier alpha value is -3.42. The average molecular weight is 398 g/mol. The first-order valence-corrected chi connectivity index (χ1v) is 9.33. The number of carbonyl (C=O) groups excluding carboxylic acids is 1. The van der Waals surface area contributed by atoms with Crippen molar-refractivity contribution >= 4 is 11.6 Å². The number of hydrogen-bond acceptors (Lipinski definition) is 6. The predicted octanol–water partition coefficient (Wildman–Crippen LogP) is 2.82. The molecule has 0 fully saturated rings. The lowest BCUT2D eigenvalue weighted by Crippen LogP contribution is -2.31. The topological polar surface area (TPSA) is 80.5 Å². The number of ether oxygens (including phenoxy) is 1. The minimum absolute atomic E-state index is 0.0685. The molecule has 0 aliphatic carbocycles. The lowest BCUT2D eigenvalue weighted by atomic mass is 10.1. The Morgan fingerprint density at radius 3 is 2.69 bits per heavy atom. The Morgan fingerprint density at radius 2 is 1.93 bits per heavy atom. The van der Waals surface area contributed by atoms with E-state index in [0.29, 0.717) is 18.8 Å². The van der Waals surface area contributed by atoms with E-state index in [4.69, 9.17) is 9.26 Å². The highest BCUT2D eigenvalue weighted by Gasteiger charge is 2.10. The summed E-state index contributed by atoms with van der Waals surface area (Å²) in [6.45, 7) is 1.16. The number of hydrogen-bond donors (Lipinski definition) is 1. The van der Waals surface area contributed by atoms with Gasteiger partial charge in [0.1, 0.15) is 5.82 Å². The molecule has 2 aromatic carbocycles. The van der Waals surface area contributed by atoms with Gasteiger partial charge in [0.15, 0.2) is 12.4 Å². The van der Waals surface area contributed by atoms with Gasteiger partial charge in [0.2, 0.25) is 0 Å². The molecular formula is C21H23FN4O3. The van der Waals surface area contributed by atoms with Gasteiger partial charge in [-0.25, -0.2) is 4.39 Å². The minimum Gasteiger partial charge on any atom is -0.439 e. The standard InChI is InChI=1S/C21H23FN4O3/c1-26(18-6-3-2-4-7-18)13-5-12-23-20(27)15-28-21-24-19(25-29-21)14-16-8-10-17(22)11-9-16/h2-4,6-11H,5,12-15H2,1H3,(H,23,27).